The number of hydrogen-bond donors (Lipinski definition) is 2. The van der Waals surface area contributed by atoms with Crippen molar-refractivity contribution in [3.05, 3.63) is 95.8 Å². The number of rotatable bonds is 7. The monoisotopic (exact) mass is 504 g/mol. The van der Waals surface area contributed by atoms with Gasteiger partial charge in [0.15, 0.2) is 5.11 Å². The fourth-order valence-electron chi connectivity index (χ4n) is 4.69. The molecule has 11 heteroatoms. The topological polar surface area (TPSA) is 92.9 Å². The number of benzene rings is 1. The van der Waals surface area contributed by atoms with Crippen molar-refractivity contribution in [2.45, 2.75) is 32.4 Å². The minimum absolute atomic E-state index is 0.181. The van der Waals surface area contributed by atoms with E-state index in [-0.39, 0.29) is 30.2 Å². The first kappa shape index (κ1) is 23.6. The van der Waals surface area contributed by atoms with E-state index in [2.05, 4.69) is 31.9 Å². The second-order valence-corrected chi connectivity index (χ2v) is 8.99. The number of nitrogens with one attached hydrogen (secondary N) is 2. The van der Waals surface area contributed by atoms with Crippen molar-refractivity contribution in [1.82, 2.24) is 34.8 Å². The van der Waals surface area contributed by atoms with Gasteiger partial charge in [-0.05, 0) is 68.5 Å². The van der Waals surface area contributed by atoms with E-state index in [0.29, 0.717) is 17.3 Å². The molecule has 2 N–H and O–H groups in total. The molecule has 1 aromatic carbocycles. The van der Waals surface area contributed by atoms with Crippen LogP contribution in [0.2, 0.25) is 0 Å². The highest BCUT2D eigenvalue weighted by Gasteiger charge is 2.41. The fourth-order valence-corrected chi connectivity index (χ4v) is 5.03. The zero-order valence-electron chi connectivity index (χ0n) is 19.8. The number of nitrogens with zero attached hydrogens (tertiary/aromatic N) is 6. The zero-order valence-corrected chi connectivity index (χ0v) is 20.6. The maximum atomic E-state index is 13.2. The van der Waals surface area contributed by atoms with Crippen LogP contribution in [0.5, 0.6) is 0 Å². The van der Waals surface area contributed by atoms with Crippen molar-refractivity contribution < 1.29 is 9.18 Å². The highest BCUT2D eigenvalue weighted by Crippen LogP contribution is 2.40. The molecule has 184 valence electrons. The summed E-state index contributed by atoms with van der Waals surface area (Å²) in [6, 6.07) is 13.2. The Morgan fingerprint density at radius 1 is 1.14 bits per heavy atom. The maximum Gasteiger partial charge on any atom is 0.226 e. The second kappa shape index (κ2) is 9.86. The average Bonchev–Trinajstić information content (AvgIpc) is 3.58. The highest BCUT2D eigenvalue weighted by molar-refractivity contribution is 7.80. The number of thiocarbonyl (C=S) groups is 1. The maximum absolute atomic E-state index is 13.2. The number of carbonyl (C=O) groups is 1. The lowest BCUT2D eigenvalue weighted by molar-refractivity contribution is -0.116. The van der Waals surface area contributed by atoms with Crippen LogP contribution in [0.15, 0.2) is 67.4 Å². The molecule has 36 heavy (non-hydrogen) atoms. The van der Waals surface area contributed by atoms with E-state index < -0.39 is 0 Å². The second-order valence-electron chi connectivity index (χ2n) is 8.61. The molecular weight excluding hydrogens is 479 g/mol. The van der Waals surface area contributed by atoms with Crippen LogP contribution < -0.4 is 10.6 Å². The predicted octanol–water partition coefficient (Wildman–Crippen LogP) is 3.54. The number of anilines is 1. The van der Waals surface area contributed by atoms with Crippen molar-refractivity contribution in [3.63, 3.8) is 0 Å². The van der Waals surface area contributed by atoms with E-state index in [1.807, 2.05) is 46.3 Å². The molecule has 5 rings (SSSR count). The van der Waals surface area contributed by atoms with Gasteiger partial charge in [-0.2, -0.15) is 0 Å². The van der Waals surface area contributed by atoms with Crippen LogP contribution in [0, 0.1) is 19.7 Å². The van der Waals surface area contributed by atoms with Gasteiger partial charge in [-0.3, -0.25) is 14.5 Å². The minimum Gasteiger partial charge on any atom is -0.352 e. The number of carbonyl (C=O) groups excluding carboxylic acids is 1. The minimum atomic E-state index is -0.353. The Hall–Kier alpha value is -4.12. The third-order valence-electron chi connectivity index (χ3n) is 6.30. The van der Waals surface area contributed by atoms with Crippen LogP contribution in [0.3, 0.4) is 0 Å². The first-order valence-corrected chi connectivity index (χ1v) is 11.9. The van der Waals surface area contributed by atoms with Crippen molar-refractivity contribution in [2.24, 2.45) is 0 Å². The number of aromatic nitrogens is 5. The van der Waals surface area contributed by atoms with Gasteiger partial charge in [0.25, 0.3) is 0 Å². The summed E-state index contributed by atoms with van der Waals surface area (Å²) < 4.78 is 17.1. The molecular formula is C25H25FN8OS. The first-order valence-electron chi connectivity index (χ1n) is 11.5. The summed E-state index contributed by atoms with van der Waals surface area (Å²) in [4.78, 5) is 19.3. The zero-order chi connectivity index (χ0) is 25.2. The fraction of sp³-hybridized carbons (Fsp3) is 0.240. The number of halogens is 1. The Morgan fingerprint density at radius 2 is 1.89 bits per heavy atom. The summed E-state index contributed by atoms with van der Waals surface area (Å²) in [6.07, 6.45) is 5.26. The molecule has 2 unspecified atom stereocenters. The third kappa shape index (κ3) is 4.57. The molecule has 3 aromatic heterocycles. The summed E-state index contributed by atoms with van der Waals surface area (Å²) in [5.74, 6) is -0.534. The molecule has 0 radical (unpaired) electrons. The Bertz CT molecular complexity index is 1370. The van der Waals surface area contributed by atoms with Gasteiger partial charge in [0.2, 0.25) is 5.91 Å². The van der Waals surface area contributed by atoms with E-state index in [1.54, 1.807) is 18.9 Å². The number of amides is 1. The molecule has 9 nitrogen and oxygen atoms in total. The lowest BCUT2D eigenvalue weighted by Crippen LogP contribution is -2.33. The lowest BCUT2D eigenvalue weighted by Gasteiger charge is -2.28. The summed E-state index contributed by atoms with van der Waals surface area (Å²) in [6.45, 7) is 4.45. The standard InChI is InChI=1S/C25H25FN8OS/c1-16-13-20(17(2)34(16)32-14-28-29-15-32)24-23(21-5-3-4-11-27-21)31-25(36)33(24)12-10-22(35)30-19-8-6-18(26)7-9-19/h3-9,11,13-15,23-24H,10,12H2,1-2H3,(H,30,35)(H,31,36). The van der Waals surface area contributed by atoms with Gasteiger partial charge < -0.3 is 15.5 Å². The molecule has 0 saturated carbocycles. The van der Waals surface area contributed by atoms with Crippen LogP contribution >= 0.6 is 12.2 Å². The quantitative estimate of drug-likeness (QED) is 0.372. The summed E-state index contributed by atoms with van der Waals surface area (Å²) in [5, 5.41) is 14.7. The van der Waals surface area contributed by atoms with E-state index in [9.17, 15) is 9.18 Å². The van der Waals surface area contributed by atoms with E-state index in [0.717, 1.165) is 22.6 Å². The van der Waals surface area contributed by atoms with Crippen molar-refractivity contribution in [1.29, 1.82) is 0 Å². The molecule has 1 aliphatic heterocycles. The summed E-state index contributed by atoms with van der Waals surface area (Å²) in [5.41, 5.74) is 4.48. The van der Waals surface area contributed by atoms with Gasteiger partial charge >= 0.3 is 0 Å². The van der Waals surface area contributed by atoms with Crippen molar-refractivity contribution in [2.75, 3.05) is 11.9 Å². The molecule has 1 aliphatic rings. The van der Waals surface area contributed by atoms with Gasteiger partial charge in [-0.25, -0.2) is 9.07 Å². The molecule has 4 heterocycles. The van der Waals surface area contributed by atoms with Gasteiger partial charge in [-0.15, -0.1) is 10.2 Å². The number of aryl methyl sites for hydroxylation is 1. The Kier molecular flexibility index (Phi) is 6.47. The summed E-state index contributed by atoms with van der Waals surface area (Å²) >= 11 is 5.73. The molecule has 4 aromatic rings. The van der Waals surface area contributed by atoms with Crippen molar-refractivity contribution >= 4 is 28.9 Å². The SMILES string of the molecule is Cc1cc(C2C(c3ccccn3)NC(=S)N2CCC(=O)Nc2ccc(F)cc2)c(C)n1-n1cnnc1. The Balaban J connectivity index is 1.44. The van der Waals surface area contributed by atoms with Crippen molar-refractivity contribution in [3.8, 4) is 0 Å². The summed E-state index contributed by atoms with van der Waals surface area (Å²) in [7, 11) is 0. The van der Waals surface area contributed by atoms with Gasteiger partial charge in [-0.1, -0.05) is 6.07 Å². The van der Waals surface area contributed by atoms with Crippen LogP contribution in [0.1, 0.15) is 41.1 Å². The van der Waals surface area contributed by atoms with Crippen LogP contribution in [-0.2, 0) is 4.79 Å². The molecule has 0 spiro atoms. The largest absolute Gasteiger partial charge is 0.352 e. The van der Waals surface area contributed by atoms with Gasteiger partial charge in [0.05, 0.1) is 17.8 Å². The van der Waals surface area contributed by atoms with Crippen LogP contribution in [0.4, 0.5) is 10.1 Å². The predicted molar refractivity (Wildman–Crippen MR) is 137 cm³/mol. The number of hydrogen-bond acceptors (Lipinski definition) is 5. The molecule has 0 bridgehead atoms. The van der Waals surface area contributed by atoms with Crippen LogP contribution in [0.25, 0.3) is 0 Å². The molecule has 1 fully saturated rings. The highest BCUT2D eigenvalue weighted by atomic mass is 32.1. The first-order chi connectivity index (χ1) is 17.4. The Morgan fingerprint density at radius 3 is 2.58 bits per heavy atom. The van der Waals surface area contributed by atoms with E-state index in [4.69, 9.17) is 12.2 Å². The molecule has 1 saturated heterocycles. The van der Waals surface area contributed by atoms with E-state index in [1.165, 1.54) is 24.3 Å². The van der Waals surface area contributed by atoms with Gasteiger partial charge in [0, 0.05) is 41.8 Å². The Labute approximate surface area is 212 Å². The molecule has 2 atom stereocenters. The number of pyridine rings is 1. The smallest absolute Gasteiger partial charge is 0.226 e. The average molecular weight is 505 g/mol. The molecule has 0 aliphatic carbocycles. The van der Waals surface area contributed by atoms with Crippen LogP contribution in [-0.4, -0.2) is 47.0 Å². The third-order valence-corrected chi connectivity index (χ3v) is 6.65. The normalized spacial score (nSPS) is 17.3. The van der Waals surface area contributed by atoms with Gasteiger partial charge in [0.1, 0.15) is 18.5 Å². The molecule has 1 amide bonds. The lowest BCUT2D eigenvalue weighted by atomic mass is 9.96. The van der Waals surface area contributed by atoms with E-state index >= 15 is 0 Å².